The van der Waals surface area contributed by atoms with Gasteiger partial charge in [0.15, 0.2) is 0 Å². The Balaban J connectivity index is 2.08. The monoisotopic (exact) mass is 248 g/mol. The van der Waals surface area contributed by atoms with Crippen LogP contribution in [-0.2, 0) is 0 Å². The van der Waals surface area contributed by atoms with E-state index >= 15 is 0 Å². The summed E-state index contributed by atoms with van der Waals surface area (Å²) in [7, 11) is 1.78. The van der Waals surface area contributed by atoms with Crippen molar-refractivity contribution in [2.24, 2.45) is 0 Å². The number of hydrogen-bond donors (Lipinski definition) is 1. The molecule has 0 spiro atoms. The third kappa shape index (κ3) is 2.48. The summed E-state index contributed by atoms with van der Waals surface area (Å²) < 4.78 is 0. The van der Waals surface area contributed by atoms with Gasteiger partial charge in [-0.15, -0.1) is 0 Å². The normalized spacial score (nSPS) is 17.4. The number of aliphatic hydroxyl groups is 1. The van der Waals surface area contributed by atoms with Crippen LogP contribution in [0.15, 0.2) is 18.2 Å². The lowest BCUT2D eigenvalue weighted by atomic mass is 10.0. The second-order valence-electron chi connectivity index (χ2n) is 5.03. The second kappa shape index (κ2) is 4.98. The lowest BCUT2D eigenvalue weighted by Crippen LogP contribution is -2.33. The van der Waals surface area contributed by atoms with Crippen molar-refractivity contribution < 1.29 is 9.90 Å². The fraction of sp³-hybridized carbons (Fsp3) is 0.500. The van der Waals surface area contributed by atoms with E-state index in [2.05, 4.69) is 6.07 Å². The van der Waals surface area contributed by atoms with E-state index in [1.54, 1.807) is 16.8 Å². The largest absolute Gasteiger partial charge is 0.387 e. The SMILES string of the molecule is Cc1ccc(C(O)CN2CCN(C)C2=O)c(C)c1. The second-order valence-corrected chi connectivity index (χ2v) is 5.03. The molecule has 4 nitrogen and oxygen atoms in total. The van der Waals surface area contributed by atoms with Crippen LogP contribution >= 0.6 is 0 Å². The standard InChI is InChI=1S/C14H20N2O2/c1-10-4-5-12(11(2)8-10)13(17)9-16-7-6-15(3)14(16)18/h4-5,8,13,17H,6-7,9H2,1-3H3. The quantitative estimate of drug-likeness (QED) is 0.885. The Morgan fingerprint density at radius 1 is 1.33 bits per heavy atom. The molecule has 1 saturated heterocycles. The molecule has 0 aliphatic carbocycles. The smallest absolute Gasteiger partial charge is 0.319 e. The predicted octanol–water partition coefficient (Wildman–Crippen LogP) is 1.70. The Morgan fingerprint density at radius 3 is 2.61 bits per heavy atom. The van der Waals surface area contributed by atoms with Crippen LogP contribution < -0.4 is 0 Å². The van der Waals surface area contributed by atoms with E-state index in [0.29, 0.717) is 13.1 Å². The Bertz CT molecular complexity index is 459. The first kappa shape index (κ1) is 12.9. The molecule has 0 bridgehead atoms. The maximum atomic E-state index is 11.8. The van der Waals surface area contributed by atoms with Crippen molar-refractivity contribution in [2.75, 3.05) is 26.7 Å². The van der Waals surface area contributed by atoms with Crippen molar-refractivity contribution in [1.82, 2.24) is 9.80 Å². The van der Waals surface area contributed by atoms with E-state index in [-0.39, 0.29) is 6.03 Å². The number of amides is 2. The fourth-order valence-corrected chi connectivity index (χ4v) is 2.38. The highest BCUT2D eigenvalue weighted by Crippen LogP contribution is 2.21. The van der Waals surface area contributed by atoms with Gasteiger partial charge < -0.3 is 14.9 Å². The van der Waals surface area contributed by atoms with Gasteiger partial charge in [0, 0.05) is 20.1 Å². The number of aryl methyl sites for hydroxylation is 2. The highest BCUT2D eigenvalue weighted by Gasteiger charge is 2.27. The molecule has 1 heterocycles. The number of aliphatic hydroxyl groups excluding tert-OH is 1. The van der Waals surface area contributed by atoms with Gasteiger partial charge in [-0.3, -0.25) is 0 Å². The van der Waals surface area contributed by atoms with Gasteiger partial charge in [-0.1, -0.05) is 23.8 Å². The molecular formula is C14H20N2O2. The van der Waals surface area contributed by atoms with Crippen LogP contribution in [0.1, 0.15) is 22.8 Å². The maximum absolute atomic E-state index is 11.8. The summed E-state index contributed by atoms with van der Waals surface area (Å²) in [6, 6.07) is 5.98. The topological polar surface area (TPSA) is 43.8 Å². The third-order valence-electron chi connectivity index (χ3n) is 3.48. The van der Waals surface area contributed by atoms with Gasteiger partial charge in [-0.2, -0.15) is 0 Å². The highest BCUT2D eigenvalue weighted by molar-refractivity contribution is 5.76. The molecule has 1 unspecified atom stereocenters. The van der Waals surface area contributed by atoms with Gasteiger partial charge >= 0.3 is 6.03 Å². The molecule has 4 heteroatoms. The zero-order chi connectivity index (χ0) is 13.3. The average Bonchev–Trinajstić information content (AvgIpc) is 2.61. The number of carbonyl (C=O) groups is 1. The molecule has 1 atom stereocenters. The lowest BCUT2D eigenvalue weighted by Gasteiger charge is -2.21. The number of urea groups is 1. The molecule has 0 saturated carbocycles. The number of β-amino-alcohol motifs (C(OH)–C–C–N with tert-alkyl or cyclic N) is 1. The molecule has 0 aromatic heterocycles. The number of nitrogens with zero attached hydrogens (tertiary/aromatic N) is 2. The summed E-state index contributed by atoms with van der Waals surface area (Å²) in [6.45, 7) is 5.81. The fourth-order valence-electron chi connectivity index (χ4n) is 2.38. The minimum atomic E-state index is -0.610. The van der Waals surface area contributed by atoms with Gasteiger partial charge in [0.05, 0.1) is 12.6 Å². The molecule has 98 valence electrons. The van der Waals surface area contributed by atoms with E-state index in [4.69, 9.17) is 0 Å². The van der Waals surface area contributed by atoms with Crippen LogP contribution in [0.25, 0.3) is 0 Å². The van der Waals surface area contributed by atoms with Crippen molar-refractivity contribution in [3.8, 4) is 0 Å². The number of likely N-dealkylation sites (N-methyl/N-ethyl adjacent to an activating group) is 1. The van der Waals surface area contributed by atoms with Crippen molar-refractivity contribution in [2.45, 2.75) is 20.0 Å². The van der Waals surface area contributed by atoms with E-state index in [1.165, 1.54) is 5.56 Å². The Kier molecular flexibility index (Phi) is 3.57. The molecule has 1 aromatic carbocycles. The Hall–Kier alpha value is -1.55. The van der Waals surface area contributed by atoms with Crippen LogP contribution in [0.4, 0.5) is 4.79 Å². The molecule has 1 aromatic rings. The summed E-state index contributed by atoms with van der Waals surface area (Å²) in [6.07, 6.45) is -0.610. The Labute approximate surface area is 108 Å². The Morgan fingerprint density at radius 2 is 2.06 bits per heavy atom. The van der Waals surface area contributed by atoms with E-state index in [0.717, 1.165) is 17.7 Å². The molecule has 2 rings (SSSR count). The zero-order valence-corrected chi connectivity index (χ0v) is 11.2. The predicted molar refractivity (Wildman–Crippen MR) is 70.5 cm³/mol. The minimum absolute atomic E-state index is 0.00110. The molecule has 2 amide bonds. The number of rotatable bonds is 3. The highest BCUT2D eigenvalue weighted by atomic mass is 16.3. The van der Waals surface area contributed by atoms with Gasteiger partial charge in [-0.05, 0) is 25.0 Å². The van der Waals surface area contributed by atoms with Crippen LogP contribution in [0.5, 0.6) is 0 Å². The first-order valence-electron chi connectivity index (χ1n) is 6.24. The van der Waals surface area contributed by atoms with E-state index in [1.807, 2.05) is 26.0 Å². The summed E-state index contributed by atoms with van der Waals surface area (Å²) >= 11 is 0. The molecule has 1 fully saturated rings. The number of hydrogen-bond acceptors (Lipinski definition) is 2. The van der Waals surface area contributed by atoms with Crippen molar-refractivity contribution >= 4 is 6.03 Å². The van der Waals surface area contributed by atoms with Crippen molar-refractivity contribution in [1.29, 1.82) is 0 Å². The van der Waals surface area contributed by atoms with Gasteiger partial charge in [0.1, 0.15) is 0 Å². The first-order valence-corrected chi connectivity index (χ1v) is 6.24. The first-order chi connectivity index (χ1) is 8.49. The third-order valence-corrected chi connectivity index (χ3v) is 3.48. The van der Waals surface area contributed by atoms with Crippen LogP contribution in [0, 0.1) is 13.8 Å². The molecule has 1 aliphatic rings. The van der Waals surface area contributed by atoms with Gasteiger partial charge in [0.25, 0.3) is 0 Å². The van der Waals surface area contributed by atoms with E-state index < -0.39 is 6.10 Å². The summed E-state index contributed by atoms with van der Waals surface area (Å²) in [4.78, 5) is 15.1. The zero-order valence-electron chi connectivity index (χ0n) is 11.2. The van der Waals surface area contributed by atoms with Crippen LogP contribution in [-0.4, -0.2) is 47.6 Å². The van der Waals surface area contributed by atoms with E-state index in [9.17, 15) is 9.90 Å². The van der Waals surface area contributed by atoms with Gasteiger partial charge in [0.2, 0.25) is 0 Å². The average molecular weight is 248 g/mol. The lowest BCUT2D eigenvalue weighted by molar-refractivity contribution is 0.128. The van der Waals surface area contributed by atoms with Crippen LogP contribution in [0.2, 0.25) is 0 Å². The maximum Gasteiger partial charge on any atom is 0.319 e. The van der Waals surface area contributed by atoms with Gasteiger partial charge in [-0.25, -0.2) is 4.79 Å². The van der Waals surface area contributed by atoms with Crippen LogP contribution in [0.3, 0.4) is 0 Å². The molecule has 1 N–H and O–H groups in total. The molecule has 0 radical (unpaired) electrons. The number of carbonyl (C=O) groups excluding carboxylic acids is 1. The van der Waals surface area contributed by atoms with Crippen molar-refractivity contribution in [3.63, 3.8) is 0 Å². The summed E-state index contributed by atoms with van der Waals surface area (Å²) in [5, 5.41) is 10.2. The molecule has 1 aliphatic heterocycles. The summed E-state index contributed by atoms with van der Waals surface area (Å²) in [5.41, 5.74) is 3.16. The minimum Gasteiger partial charge on any atom is -0.387 e. The van der Waals surface area contributed by atoms with Crippen molar-refractivity contribution in [3.05, 3.63) is 34.9 Å². The number of benzene rings is 1. The molecule has 18 heavy (non-hydrogen) atoms. The molecular weight excluding hydrogens is 228 g/mol. The summed E-state index contributed by atoms with van der Waals surface area (Å²) in [5.74, 6) is 0.